The largest absolute Gasteiger partial charge is 0.492 e. The molecule has 0 spiro atoms. The van der Waals surface area contributed by atoms with E-state index in [9.17, 15) is 9.18 Å². The molecule has 0 aliphatic carbocycles. The van der Waals surface area contributed by atoms with Gasteiger partial charge in [0.25, 0.3) is 5.91 Å². The summed E-state index contributed by atoms with van der Waals surface area (Å²) in [5.74, 6) is 0.183. The molecule has 0 saturated carbocycles. The van der Waals surface area contributed by atoms with Gasteiger partial charge in [-0.1, -0.05) is 6.07 Å². The van der Waals surface area contributed by atoms with Gasteiger partial charge in [0.1, 0.15) is 5.75 Å². The zero-order valence-electron chi connectivity index (χ0n) is 20.0. The molecular formula is C26H30FN5O3. The smallest absolute Gasteiger partial charge is 0.255 e. The van der Waals surface area contributed by atoms with Crippen molar-refractivity contribution in [1.82, 2.24) is 20.2 Å². The Morgan fingerprint density at radius 1 is 1.26 bits per heavy atom. The van der Waals surface area contributed by atoms with E-state index in [2.05, 4.69) is 32.5 Å². The Bertz CT molecular complexity index is 1230. The van der Waals surface area contributed by atoms with Gasteiger partial charge in [-0.2, -0.15) is 0 Å². The molecule has 0 saturated heterocycles. The quantitative estimate of drug-likeness (QED) is 0.519. The number of nitrogens with one attached hydrogen (secondary N) is 3. The molecule has 0 fully saturated rings. The van der Waals surface area contributed by atoms with E-state index in [-0.39, 0.29) is 17.6 Å². The van der Waals surface area contributed by atoms with Crippen molar-refractivity contribution in [1.29, 1.82) is 0 Å². The molecule has 8 nitrogen and oxygen atoms in total. The summed E-state index contributed by atoms with van der Waals surface area (Å²) >= 11 is 0. The molecule has 2 aliphatic heterocycles. The standard InChI is InChI=1S/C26H30FN5O3/c1-32-11-4-6-16-14-29-26(33)21-22(16)31-23(17-9-10-28-15-20(17)35-13-5-12-32)24(21)30-19-8-3-7-18(27)25(19)34-2/h3,7-10,15-16,30-31H,4-6,11-14H2,1-2H3,(H,29,33). The Hall–Kier alpha value is -3.59. The van der Waals surface area contributed by atoms with Crippen LogP contribution in [0.3, 0.4) is 0 Å². The van der Waals surface area contributed by atoms with Gasteiger partial charge in [0.2, 0.25) is 0 Å². The maximum Gasteiger partial charge on any atom is 0.255 e. The van der Waals surface area contributed by atoms with Crippen LogP contribution in [0.15, 0.2) is 36.7 Å². The molecule has 5 rings (SSSR count). The zero-order valence-corrected chi connectivity index (χ0v) is 20.0. The lowest BCUT2D eigenvalue weighted by molar-refractivity contribution is 0.0939. The van der Waals surface area contributed by atoms with Gasteiger partial charge in [-0.3, -0.25) is 9.78 Å². The lowest BCUT2D eigenvalue weighted by Crippen LogP contribution is -2.35. The molecule has 184 valence electrons. The Labute approximate surface area is 203 Å². The number of aromatic amines is 1. The van der Waals surface area contributed by atoms with Gasteiger partial charge < -0.3 is 30.0 Å². The molecule has 9 heteroatoms. The van der Waals surface area contributed by atoms with E-state index in [0.29, 0.717) is 41.5 Å². The van der Waals surface area contributed by atoms with Crippen LogP contribution in [-0.2, 0) is 0 Å². The van der Waals surface area contributed by atoms with E-state index in [1.807, 2.05) is 6.07 Å². The Balaban J connectivity index is 1.68. The summed E-state index contributed by atoms with van der Waals surface area (Å²) in [4.78, 5) is 23.3. The summed E-state index contributed by atoms with van der Waals surface area (Å²) in [6.07, 6.45) is 6.21. The summed E-state index contributed by atoms with van der Waals surface area (Å²) in [5.41, 5.74) is 3.90. The fourth-order valence-electron chi connectivity index (χ4n) is 4.93. The maximum atomic E-state index is 14.5. The van der Waals surface area contributed by atoms with Gasteiger partial charge in [0.15, 0.2) is 11.6 Å². The number of para-hydroxylation sites is 1. The van der Waals surface area contributed by atoms with Crippen molar-refractivity contribution >= 4 is 17.3 Å². The van der Waals surface area contributed by atoms with E-state index in [0.717, 1.165) is 43.6 Å². The third kappa shape index (κ3) is 4.55. The summed E-state index contributed by atoms with van der Waals surface area (Å²) in [6, 6.07) is 6.54. The number of rotatable bonds is 3. The highest BCUT2D eigenvalue weighted by atomic mass is 19.1. The maximum absolute atomic E-state index is 14.5. The molecule has 1 atom stereocenters. The number of hydrogen-bond acceptors (Lipinski definition) is 6. The molecule has 35 heavy (non-hydrogen) atoms. The van der Waals surface area contributed by atoms with Crippen molar-refractivity contribution in [2.75, 3.05) is 45.7 Å². The molecule has 4 heterocycles. The number of benzene rings is 1. The SMILES string of the molecule is COc1c(F)cccc1Nc1c2[nH]c3c1C(=O)NCC3CCCN(C)CCCOc1cnccc1-2. The predicted octanol–water partition coefficient (Wildman–Crippen LogP) is 4.29. The zero-order chi connectivity index (χ0) is 24.4. The van der Waals surface area contributed by atoms with Crippen LogP contribution in [-0.4, -0.2) is 61.2 Å². The second kappa shape index (κ2) is 9.95. The number of ether oxygens (including phenoxy) is 2. The van der Waals surface area contributed by atoms with Crippen molar-refractivity contribution < 1.29 is 18.7 Å². The predicted molar refractivity (Wildman–Crippen MR) is 132 cm³/mol. The number of halogens is 1. The minimum absolute atomic E-state index is 0.0845. The van der Waals surface area contributed by atoms with Crippen LogP contribution in [0, 0.1) is 5.82 Å². The minimum atomic E-state index is -0.485. The van der Waals surface area contributed by atoms with Crippen molar-refractivity contribution in [2.45, 2.75) is 25.2 Å². The second-order valence-electron chi connectivity index (χ2n) is 9.04. The first-order valence-electron chi connectivity index (χ1n) is 12.0. The number of H-pyrrole nitrogens is 1. The van der Waals surface area contributed by atoms with Crippen molar-refractivity contribution in [3.63, 3.8) is 0 Å². The molecule has 1 amide bonds. The first kappa shape index (κ1) is 23.2. The molecule has 2 aliphatic rings. The number of fused-ring (bicyclic) bond motifs is 3. The van der Waals surface area contributed by atoms with Crippen molar-refractivity contribution in [3.8, 4) is 22.8 Å². The normalized spacial score (nSPS) is 18.6. The Kier molecular flexibility index (Phi) is 6.59. The topological polar surface area (TPSA) is 91.5 Å². The molecule has 0 radical (unpaired) electrons. The summed E-state index contributed by atoms with van der Waals surface area (Å²) in [6.45, 7) is 3.03. The monoisotopic (exact) mass is 479 g/mol. The molecule has 2 bridgehead atoms. The van der Waals surface area contributed by atoms with Crippen LogP contribution in [0.5, 0.6) is 11.5 Å². The fourth-order valence-corrected chi connectivity index (χ4v) is 4.93. The molecule has 1 aromatic carbocycles. The number of nitrogens with zero attached hydrogens (tertiary/aromatic N) is 2. The highest BCUT2D eigenvalue weighted by molar-refractivity contribution is 6.07. The average Bonchev–Trinajstić information content (AvgIpc) is 3.23. The lowest BCUT2D eigenvalue weighted by Gasteiger charge is -2.25. The van der Waals surface area contributed by atoms with Gasteiger partial charge in [-0.25, -0.2) is 4.39 Å². The Morgan fingerprint density at radius 2 is 2.11 bits per heavy atom. The molecular weight excluding hydrogens is 449 g/mol. The first-order valence-corrected chi connectivity index (χ1v) is 12.0. The van der Waals surface area contributed by atoms with Gasteiger partial charge in [-0.05, 0) is 51.1 Å². The average molecular weight is 480 g/mol. The van der Waals surface area contributed by atoms with Crippen molar-refractivity contribution in [2.24, 2.45) is 0 Å². The van der Waals surface area contributed by atoms with Crippen LogP contribution in [0.4, 0.5) is 15.8 Å². The lowest BCUT2D eigenvalue weighted by atomic mass is 9.92. The fraction of sp³-hybridized carbons (Fsp3) is 0.385. The number of pyridine rings is 1. The van der Waals surface area contributed by atoms with Crippen LogP contribution in [0.2, 0.25) is 0 Å². The van der Waals surface area contributed by atoms with E-state index in [1.165, 1.54) is 13.2 Å². The summed E-state index contributed by atoms with van der Waals surface area (Å²) in [5, 5.41) is 6.36. The third-order valence-electron chi connectivity index (χ3n) is 6.69. The van der Waals surface area contributed by atoms with Crippen LogP contribution in [0.1, 0.15) is 41.2 Å². The second-order valence-corrected chi connectivity index (χ2v) is 9.04. The Morgan fingerprint density at radius 3 is 2.97 bits per heavy atom. The highest BCUT2D eigenvalue weighted by Crippen LogP contribution is 2.44. The number of methoxy groups -OCH3 is 1. The first-order chi connectivity index (χ1) is 17.1. The number of carbonyl (C=O) groups excluding carboxylic acids is 1. The van der Waals surface area contributed by atoms with Crippen LogP contribution in [0.25, 0.3) is 11.3 Å². The summed E-state index contributed by atoms with van der Waals surface area (Å²) in [7, 11) is 3.55. The van der Waals surface area contributed by atoms with Crippen LogP contribution >= 0.6 is 0 Å². The number of aromatic nitrogens is 2. The highest BCUT2D eigenvalue weighted by Gasteiger charge is 2.33. The van der Waals surface area contributed by atoms with Gasteiger partial charge >= 0.3 is 0 Å². The van der Waals surface area contributed by atoms with E-state index in [4.69, 9.17) is 9.47 Å². The molecule has 3 N–H and O–H groups in total. The molecule has 2 aromatic heterocycles. The number of carbonyl (C=O) groups is 1. The van der Waals surface area contributed by atoms with E-state index in [1.54, 1.807) is 24.5 Å². The van der Waals surface area contributed by atoms with E-state index < -0.39 is 5.82 Å². The van der Waals surface area contributed by atoms with Crippen LogP contribution < -0.4 is 20.1 Å². The summed E-state index contributed by atoms with van der Waals surface area (Å²) < 4.78 is 25.9. The number of anilines is 2. The third-order valence-corrected chi connectivity index (χ3v) is 6.69. The molecule has 3 aromatic rings. The number of hydrogen-bond donors (Lipinski definition) is 3. The van der Waals surface area contributed by atoms with Crippen molar-refractivity contribution in [3.05, 3.63) is 53.7 Å². The van der Waals surface area contributed by atoms with Gasteiger partial charge in [-0.15, -0.1) is 0 Å². The van der Waals surface area contributed by atoms with E-state index >= 15 is 0 Å². The number of amides is 1. The van der Waals surface area contributed by atoms with Gasteiger partial charge in [0.05, 0.1) is 42.5 Å². The van der Waals surface area contributed by atoms with Gasteiger partial charge in [0, 0.05) is 36.5 Å². The minimum Gasteiger partial charge on any atom is -0.492 e. The molecule has 1 unspecified atom stereocenters.